The number of rotatable bonds is 15. The minimum atomic E-state index is -0.990. The highest BCUT2D eigenvalue weighted by Crippen LogP contribution is 2.27. The third-order valence-electron chi connectivity index (χ3n) is 7.05. The molecule has 4 aromatic rings. The summed E-state index contributed by atoms with van der Waals surface area (Å²) in [7, 11) is 0. The maximum absolute atomic E-state index is 14.1. The molecule has 0 saturated heterocycles. The lowest BCUT2D eigenvalue weighted by atomic mass is 9.99. The zero-order valence-corrected chi connectivity index (χ0v) is 26.1. The van der Waals surface area contributed by atoms with Crippen molar-refractivity contribution in [2.75, 3.05) is 5.75 Å². The third-order valence-corrected chi connectivity index (χ3v) is 8.90. The van der Waals surface area contributed by atoms with Crippen LogP contribution >= 0.6 is 23.1 Å². The SMILES string of the molecule is CCCCc1nccn1[C@@H](/C=C(\Cc1cccs1)C(=O)N[C@@H](CSC(C)=O)Cc1ccccc1)c1ccc(C(=O)O)cc1. The van der Waals surface area contributed by atoms with Crippen molar-refractivity contribution in [3.8, 4) is 0 Å². The second kappa shape index (κ2) is 16.0. The molecule has 2 aromatic heterocycles. The molecule has 0 spiro atoms. The zero-order valence-electron chi connectivity index (χ0n) is 24.4. The average molecular weight is 616 g/mol. The van der Waals surface area contributed by atoms with Gasteiger partial charge in [0.05, 0.1) is 11.6 Å². The number of carbonyl (C=O) groups is 3. The second-order valence-electron chi connectivity index (χ2n) is 10.3. The van der Waals surface area contributed by atoms with Crippen LogP contribution in [-0.2, 0) is 28.9 Å². The molecule has 0 unspecified atom stereocenters. The van der Waals surface area contributed by atoms with Gasteiger partial charge in [-0.05, 0) is 53.6 Å². The Hall–Kier alpha value is -3.95. The number of aryl methyl sites for hydroxylation is 1. The molecule has 4 rings (SSSR count). The molecule has 2 heterocycles. The molecule has 2 N–H and O–H groups in total. The second-order valence-corrected chi connectivity index (χ2v) is 12.6. The van der Waals surface area contributed by atoms with Gasteiger partial charge in [-0.2, -0.15) is 0 Å². The van der Waals surface area contributed by atoms with Crippen LogP contribution in [0.5, 0.6) is 0 Å². The van der Waals surface area contributed by atoms with Gasteiger partial charge in [-0.25, -0.2) is 9.78 Å². The molecule has 2 aromatic carbocycles. The minimum Gasteiger partial charge on any atom is -0.478 e. The van der Waals surface area contributed by atoms with E-state index >= 15 is 0 Å². The van der Waals surface area contributed by atoms with Gasteiger partial charge in [0.1, 0.15) is 5.82 Å². The Morgan fingerprint density at radius 1 is 1.07 bits per heavy atom. The summed E-state index contributed by atoms with van der Waals surface area (Å²) in [6.45, 7) is 3.67. The lowest BCUT2D eigenvalue weighted by molar-refractivity contribution is -0.118. The molecule has 0 aliphatic carbocycles. The van der Waals surface area contributed by atoms with Gasteiger partial charge in [-0.15, -0.1) is 11.3 Å². The van der Waals surface area contributed by atoms with Crippen LogP contribution in [0.1, 0.15) is 64.9 Å². The zero-order chi connectivity index (χ0) is 30.6. The largest absolute Gasteiger partial charge is 0.478 e. The number of aromatic carboxylic acids is 1. The number of nitrogens with zero attached hydrogens (tertiary/aromatic N) is 2. The molecule has 224 valence electrons. The first-order valence-electron chi connectivity index (χ1n) is 14.4. The molecule has 7 nitrogen and oxygen atoms in total. The number of thioether (sulfide) groups is 1. The van der Waals surface area contributed by atoms with E-state index in [0.717, 1.165) is 41.1 Å². The minimum absolute atomic E-state index is 0.00579. The van der Waals surface area contributed by atoms with E-state index in [0.29, 0.717) is 24.2 Å². The van der Waals surface area contributed by atoms with Crippen LogP contribution in [-0.4, -0.2) is 43.4 Å². The van der Waals surface area contributed by atoms with E-state index in [-0.39, 0.29) is 28.7 Å². The van der Waals surface area contributed by atoms with E-state index in [4.69, 9.17) is 0 Å². The number of aromatic nitrogens is 2. The normalized spacial score (nSPS) is 12.9. The fourth-order valence-corrected chi connectivity index (χ4v) is 6.20. The van der Waals surface area contributed by atoms with E-state index in [1.165, 1.54) is 18.7 Å². The first kappa shape index (κ1) is 32.0. The molecule has 0 radical (unpaired) electrons. The molecule has 9 heteroatoms. The predicted octanol–water partition coefficient (Wildman–Crippen LogP) is 6.75. The summed E-state index contributed by atoms with van der Waals surface area (Å²) >= 11 is 2.80. The van der Waals surface area contributed by atoms with Crippen molar-refractivity contribution in [2.45, 2.75) is 58.0 Å². The van der Waals surface area contributed by atoms with Gasteiger partial charge in [0.15, 0.2) is 5.12 Å². The van der Waals surface area contributed by atoms with Gasteiger partial charge < -0.3 is 15.0 Å². The summed E-state index contributed by atoms with van der Waals surface area (Å²) in [5.74, 6) is 0.183. The summed E-state index contributed by atoms with van der Waals surface area (Å²) in [6, 6.07) is 20.1. The fourth-order valence-electron chi connectivity index (χ4n) is 4.84. The standard InChI is InChI=1S/C34H37N3O4S2/c1-3-4-12-32-35-17-18-37(32)31(26-13-15-27(16-14-26)34(40)41)22-28(21-30-11-8-19-42-30)33(39)36-29(23-43-24(2)38)20-25-9-6-5-7-10-25/h5-11,13-19,22,29,31H,3-4,12,20-21,23H2,1-2H3,(H,36,39)(H,40,41)/b28-22+/t29-,31+/m1/s1. The molecular weight excluding hydrogens is 579 g/mol. The van der Waals surface area contributed by atoms with Crippen LogP contribution in [0.3, 0.4) is 0 Å². The number of unbranched alkanes of at least 4 members (excludes halogenated alkanes) is 1. The maximum atomic E-state index is 14.1. The summed E-state index contributed by atoms with van der Waals surface area (Å²) in [6.07, 6.45) is 9.47. The third kappa shape index (κ3) is 9.53. The summed E-state index contributed by atoms with van der Waals surface area (Å²) in [4.78, 5) is 43.1. The van der Waals surface area contributed by atoms with Crippen LogP contribution in [0.25, 0.3) is 0 Å². The molecule has 0 aliphatic rings. The Morgan fingerprint density at radius 3 is 2.49 bits per heavy atom. The number of amides is 1. The Balaban J connectivity index is 1.73. The van der Waals surface area contributed by atoms with Gasteiger partial charge in [0, 0.05) is 54.4 Å². The quantitative estimate of drug-likeness (QED) is 0.144. The highest BCUT2D eigenvalue weighted by molar-refractivity contribution is 8.13. The number of thiophene rings is 1. The Kier molecular flexibility index (Phi) is 11.9. The maximum Gasteiger partial charge on any atom is 0.335 e. The van der Waals surface area contributed by atoms with Gasteiger partial charge in [-0.1, -0.05) is 73.6 Å². The highest BCUT2D eigenvalue weighted by Gasteiger charge is 2.22. The highest BCUT2D eigenvalue weighted by atomic mass is 32.2. The Bertz CT molecular complexity index is 1510. The summed E-state index contributed by atoms with van der Waals surface area (Å²) in [5.41, 5.74) is 2.73. The number of carboxylic acid groups (broad SMARTS) is 1. The summed E-state index contributed by atoms with van der Waals surface area (Å²) in [5, 5.41) is 14.7. The molecule has 43 heavy (non-hydrogen) atoms. The van der Waals surface area contributed by atoms with Crippen molar-refractivity contribution in [3.63, 3.8) is 0 Å². The van der Waals surface area contributed by atoms with E-state index < -0.39 is 5.97 Å². The summed E-state index contributed by atoms with van der Waals surface area (Å²) < 4.78 is 2.07. The number of hydrogen-bond donors (Lipinski definition) is 2. The number of benzene rings is 2. The molecule has 1 amide bonds. The Morgan fingerprint density at radius 2 is 1.84 bits per heavy atom. The van der Waals surface area contributed by atoms with Crippen molar-refractivity contribution >= 4 is 40.1 Å². The average Bonchev–Trinajstić information content (AvgIpc) is 3.70. The first-order valence-corrected chi connectivity index (χ1v) is 16.3. The Labute approximate surface area is 261 Å². The molecule has 0 bridgehead atoms. The number of carbonyl (C=O) groups excluding carboxylic acids is 2. The lowest BCUT2D eigenvalue weighted by Gasteiger charge is -2.22. The lowest BCUT2D eigenvalue weighted by Crippen LogP contribution is -2.39. The van der Waals surface area contributed by atoms with Crippen LogP contribution in [0.2, 0.25) is 0 Å². The molecule has 2 atom stereocenters. The topological polar surface area (TPSA) is 101 Å². The van der Waals surface area contributed by atoms with E-state index in [1.54, 1.807) is 41.8 Å². The molecule has 0 aliphatic heterocycles. The smallest absolute Gasteiger partial charge is 0.335 e. The number of hydrogen-bond acceptors (Lipinski definition) is 6. The molecular formula is C34H37N3O4S2. The van der Waals surface area contributed by atoms with Gasteiger partial charge in [0.2, 0.25) is 5.91 Å². The van der Waals surface area contributed by atoms with Crippen molar-refractivity contribution < 1.29 is 19.5 Å². The van der Waals surface area contributed by atoms with Crippen molar-refractivity contribution in [1.29, 1.82) is 0 Å². The first-order chi connectivity index (χ1) is 20.8. The predicted molar refractivity (Wildman–Crippen MR) is 174 cm³/mol. The van der Waals surface area contributed by atoms with Crippen LogP contribution in [0.15, 0.2) is 96.2 Å². The number of imidazole rings is 1. The van der Waals surface area contributed by atoms with Crippen LogP contribution in [0.4, 0.5) is 0 Å². The number of allylic oxidation sites excluding steroid dienone is 1. The van der Waals surface area contributed by atoms with Gasteiger partial charge >= 0.3 is 5.97 Å². The van der Waals surface area contributed by atoms with Crippen molar-refractivity contribution in [3.05, 3.63) is 124 Å². The van der Waals surface area contributed by atoms with Gasteiger partial charge in [-0.3, -0.25) is 9.59 Å². The van der Waals surface area contributed by atoms with Crippen molar-refractivity contribution in [1.82, 2.24) is 14.9 Å². The van der Waals surface area contributed by atoms with E-state index in [2.05, 4.69) is 21.8 Å². The monoisotopic (exact) mass is 615 g/mol. The number of carboxylic acids is 1. The fraction of sp³-hybridized carbons (Fsp3) is 0.294. The molecule has 0 saturated carbocycles. The van der Waals surface area contributed by atoms with Crippen LogP contribution in [0, 0.1) is 0 Å². The van der Waals surface area contributed by atoms with Crippen LogP contribution < -0.4 is 5.32 Å². The molecule has 0 fully saturated rings. The van der Waals surface area contributed by atoms with E-state index in [9.17, 15) is 19.5 Å². The number of nitrogens with one attached hydrogen (secondary N) is 1. The van der Waals surface area contributed by atoms with E-state index in [1.807, 2.05) is 60.1 Å². The van der Waals surface area contributed by atoms with Crippen molar-refractivity contribution in [2.24, 2.45) is 0 Å². The van der Waals surface area contributed by atoms with Gasteiger partial charge in [0.25, 0.3) is 0 Å².